The second-order valence-electron chi connectivity index (χ2n) is 7.00. The summed E-state index contributed by atoms with van der Waals surface area (Å²) in [7, 11) is 0. The molecule has 0 amide bonds. The summed E-state index contributed by atoms with van der Waals surface area (Å²) >= 11 is 0. The molecule has 0 aliphatic heterocycles. The number of carboxylic acids is 1. The molecule has 6 nitrogen and oxygen atoms in total. The van der Waals surface area contributed by atoms with E-state index < -0.39 is 18.7 Å². The van der Waals surface area contributed by atoms with Gasteiger partial charge in [0.05, 0.1) is 6.61 Å². The van der Waals surface area contributed by atoms with Gasteiger partial charge in [0.1, 0.15) is 12.7 Å². The second-order valence-corrected chi connectivity index (χ2v) is 7.00. The first-order valence-corrected chi connectivity index (χ1v) is 10.4. The first kappa shape index (κ1) is 25.6. The van der Waals surface area contributed by atoms with Crippen molar-refractivity contribution in [1.82, 2.24) is 0 Å². The molecule has 0 bridgehead atoms. The number of aliphatic hydroxyl groups is 2. The maximum atomic E-state index is 11.4. The molecule has 1 atom stereocenters. The summed E-state index contributed by atoms with van der Waals surface area (Å²) in [4.78, 5) is 21.7. The molecule has 0 heterocycles. The van der Waals surface area contributed by atoms with Crippen LogP contribution in [0.25, 0.3) is 0 Å². The van der Waals surface area contributed by atoms with Gasteiger partial charge >= 0.3 is 11.9 Å². The van der Waals surface area contributed by atoms with Crippen molar-refractivity contribution in [2.24, 2.45) is 0 Å². The third kappa shape index (κ3) is 20.8. The molecule has 6 heteroatoms. The number of esters is 1. The fraction of sp³-hybridized carbons (Fsp3) is 0.810. The lowest BCUT2D eigenvalue weighted by atomic mass is 10.1. The predicted octanol–water partition coefficient (Wildman–Crippen LogP) is 3.99. The standard InChI is InChI=1S/C21H38O6/c22-17-19(23)18-27-21(26)16-14-12-10-8-6-4-2-1-3-5-7-9-11-13-15-20(24)25/h1-2,19,22-23H,3-18H2,(H,24,25)/b2-1+. The third-order valence-electron chi connectivity index (χ3n) is 4.33. The summed E-state index contributed by atoms with van der Waals surface area (Å²) in [5.74, 6) is -1.01. The number of hydrogen-bond donors (Lipinski definition) is 3. The first-order chi connectivity index (χ1) is 13.1. The van der Waals surface area contributed by atoms with Crippen molar-refractivity contribution in [3.05, 3.63) is 12.2 Å². The summed E-state index contributed by atoms with van der Waals surface area (Å²) in [6.07, 6.45) is 16.9. The zero-order valence-electron chi connectivity index (χ0n) is 16.6. The quantitative estimate of drug-likeness (QED) is 0.176. The van der Waals surface area contributed by atoms with Crippen LogP contribution in [0.1, 0.15) is 89.9 Å². The van der Waals surface area contributed by atoms with E-state index in [1.54, 1.807) is 0 Å². The Kier molecular flexibility index (Phi) is 18.4. The molecule has 0 saturated carbocycles. The van der Waals surface area contributed by atoms with Crippen LogP contribution >= 0.6 is 0 Å². The van der Waals surface area contributed by atoms with Crippen molar-refractivity contribution < 1.29 is 29.6 Å². The number of aliphatic carboxylic acids is 1. The molecule has 0 fully saturated rings. The van der Waals surface area contributed by atoms with E-state index >= 15 is 0 Å². The molecule has 158 valence electrons. The molecule has 0 aliphatic carbocycles. The Morgan fingerprint density at radius 1 is 0.778 bits per heavy atom. The van der Waals surface area contributed by atoms with Crippen LogP contribution in [0.15, 0.2) is 12.2 Å². The maximum absolute atomic E-state index is 11.4. The molecule has 3 N–H and O–H groups in total. The van der Waals surface area contributed by atoms with Crippen LogP contribution in [0, 0.1) is 0 Å². The Balaban J connectivity index is 3.24. The average molecular weight is 387 g/mol. The Bertz CT molecular complexity index is 394. The van der Waals surface area contributed by atoms with Crippen molar-refractivity contribution in [3.63, 3.8) is 0 Å². The number of carbonyl (C=O) groups is 2. The zero-order valence-corrected chi connectivity index (χ0v) is 16.6. The van der Waals surface area contributed by atoms with Gasteiger partial charge in [0.15, 0.2) is 0 Å². The highest BCUT2D eigenvalue weighted by molar-refractivity contribution is 5.69. The van der Waals surface area contributed by atoms with Gasteiger partial charge < -0.3 is 20.1 Å². The van der Waals surface area contributed by atoms with Crippen molar-refractivity contribution in [3.8, 4) is 0 Å². The summed E-state index contributed by atoms with van der Waals surface area (Å²) in [5.41, 5.74) is 0. The van der Waals surface area contributed by atoms with Gasteiger partial charge in [-0.1, -0.05) is 50.7 Å². The highest BCUT2D eigenvalue weighted by Gasteiger charge is 2.07. The van der Waals surface area contributed by atoms with Crippen LogP contribution in [0.3, 0.4) is 0 Å². The number of allylic oxidation sites excluding steroid dienone is 2. The zero-order chi connectivity index (χ0) is 20.2. The SMILES string of the molecule is O=C(O)CCCCCCC/C=C/CCCCCCCC(=O)OCC(O)CO. The van der Waals surface area contributed by atoms with E-state index in [0.29, 0.717) is 12.8 Å². The summed E-state index contributed by atoms with van der Waals surface area (Å²) in [6.45, 7) is -0.525. The van der Waals surface area contributed by atoms with Crippen molar-refractivity contribution in [2.45, 2.75) is 96.0 Å². The van der Waals surface area contributed by atoms with Crippen LogP contribution in [-0.4, -0.2) is 46.6 Å². The highest BCUT2D eigenvalue weighted by Crippen LogP contribution is 2.10. The largest absolute Gasteiger partial charge is 0.481 e. The minimum atomic E-state index is -0.981. The van der Waals surface area contributed by atoms with E-state index in [1.165, 1.54) is 19.3 Å². The Morgan fingerprint density at radius 3 is 1.78 bits per heavy atom. The molecule has 0 spiro atoms. The van der Waals surface area contributed by atoms with Gasteiger partial charge in [-0.2, -0.15) is 0 Å². The maximum Gasteiger partial charge on any atom is 0.305 e. The molecule has 0 saturated heterocycles. The van der Waals surface area contributed by atoms with Gasteiger partial charge in [-0.25, -0.2) is 0 Å². The molecule has 0 aromatic carbocycles. The number of unbranched alkanes of at least 4 members (excludes halogenated alkanes) is 10. The lowest BCUT2D eigenvalue weighted by Gasteiger charge is -2.08. The number of carbonyl (C=O) groups excluding carboxylic acids is 1. The number of carboxylic acid groups (broad SMARTS) is 1. The van der Waals surface area contributed by atoms with Crippen molar-refractivity contribution in [1.29, 1.82) is 0 Å². The van der Waals surface area contributed by atoms with Gasteiger partial charge in [0.25, 0.3) is 0 Å². The highest BCUT2D eigenvalue weighted by atomic mass is 16.5. The van der Waals surface area contributed by atoms with Gasteiger partial charge in [0, 0.05) is 12.8 Å². The molecule has 0 aromatic rings. The van der Waals surface area contributed by atoms with E-state index in [1.807, 2.05) is 0 Å². The van der Waals surface area contributed by atoms with E-state index in [4.69, 9.17) is 20.1 Å². The van der Waals surface area contributed by atoms with Crippen LogP contribution in [0.5, 0.6) is 0 Å². The Hall–Kier alpha value is -1.40. The average Bonchev–Trinajstić information content (AvgIpc) is 2.65. The third-order valence-corrected chi connectivity index (χ3v) is 4.33. The first-order valence-electron chi connectivity index (χ1n) is 10.4. The van der Waals surface area contributed by atoms with Crippen LogP contribution in [-0.2, 0) is 14.3 Å². The summed E-state index contributed by atoms with van der Waals surface area (Å²) in [5, 5.41) is 26.2. The lowest BCUT2D eigenvalue weighted by molar-refractivity contribution is -0.147. The van der Waals surface area contributed by atoms with E-state index in [2.05, 4.69) is 12.2 Å². The molecule has 0 rings (SSSR count). The number of hydrogen-bond acceptors (Lipinski definition) is 5. The number of ether oxygens (including phenoxy) is 1. The molecule has 0 radical (unpaired) electrons. The van der Waals surface area contributed by atoms with E-state index in [0.717, 1.165) is 57.8 Å². The fourth-order valence-corrected chi connectivity index (χ4v) is 2.68. The normalized spacial score (nSPS) is 12.4. The fourth-order valence-electron chi connectivity index (χ4n) is 2.68. The molecule has 27 heavy (non-hydrogen) atoms. The van der Waals surface area contributed by atoms with Crippen molar-refractivity contribution >= 4 is 11.9 Å². The minimum Gasteiger partial charge on any atom is -0.481 e. The summed E-state index contributed by atoms with van der Waals surface area (Å²) < 4.78 is 4.84. The molecule has 0 aliphatic rings. The van der Waals surface area contributed by atoms with Crippen LogP contribution < -0.4 is 0 Å². The predicted molar refractivity (Wildman–Crippen MR) is 105 cm³/mol. The Labute approximate surface area is 163 Å². The smallest absolute Gasteiger partial charge is 0.305 e. The Morgan fingerprint density at radius 2 is 1.26 bits per heavy atom. The van der Waals surface area contributed by atoms with Gasteiger partial charge in [-0.15, -0.1) is 0 Å². The molecular formula is C21H38O6. The second kappa shape index (κ2) is 19.4. The summed E-state index contributed by atoms with van der Waals surface area (Å²) in [6, 6.07) is 0. The van der Waals surface area contributed by atoms with Crippen LogP contribution in [0.2, 0.25) is 0 Å². The topological polar surface area (TPSA) is 104 Å². The van der Waals surface area contributed by atoms with Gasteiger partial charge in [-0.05, 0) is 38.5 Å². The van der Waals surface area contributed by atoms with E-state index in [-0.39, 0.29) is 12.6 Å². The lowest BCUT2D eigenvalue weighted by Crippen LogP contribution is -2.21. The van der Waals surface area contributed by atoms with Gasteiger partial charge in [0.2, 0.25) is 0 Å². The molecule has 0 aromatic heterocycles. The van der Waals surface area contributed by atoms with Gasteiger partial charge in [-0.3, -0.25) is 9.59 Å². The molecule has 1 unspecified atom stereocenters. The number of aliphatic hydroxyl groups excluding tert-OH is 2. The van der Waals surface area contributed by atoms with E-state index in [9.17, 15) is 9.59 Å². The number of rotatable bonds is 19. The monoisotopic (exact) mass is 386 g/mol. The minimum absolute atomic E-state index is 0.133. The van der Waals surface area contributed by atoms with Crippen molar-refractivity contribution in [2.75, 3.05) is 13.2 Å². The van der Waals surface area contributed by atoms with Crippen LogP contribution in [0.4, 0.5) is 0 Å². The molecular weight excluding hydrogens is 348 g/mol.